The van der Waals surface area contributed by atoms with Gasteiger partial charge in [-0.25, -0.2) is 9.78 Å². The third-order valence-corrected chi connectivity index (χ3v) is 3.30. The second-order valence-corrected chi connectivity index (χ2v) is 7.18. The summed E-state index contributed by atoms with van der Waals surface area (Å²) < 4.78 is 0. The van der Waals surface area contributed by atoms with Gasteiger partial charge in [0.1, 0.15) is 0 Å². The highest BCUT2D eigenvalue weighted by Gasteiger charge is 2.24. The van der Waals surface area contributed by atoms with E-state index in [-0.39, 0.29) is 11.8 Å². The Morgan fingerprint density at radius 2 is 1.90 bits per heavy atom. The summed E-state index contributed by atoms with van der Waals surface area (Å²) in [5.41, 5.74) is 0.0118. The number of carboxylic acids is 1. The first kappa shape index (κ1) is 16.4. The number of aromatic nitrogens is 1. The fourth-order valence-electron chi connectivity index (χ4n) is 1.53. The minimum Gasteiger partial charge on any atom is -0.481 e. The van der Waals surface area contributed by atoms with Gasteiger partial charge in [0, 0.05) is 16.3 Å². The van der Waals surface area contributed by atoms with Crippen LogP contribution >= 0.6 is 11.3 Å². The molecule has 112 valence electrons. The lowest BCUT2D eigenvalue weighted by atomic mass is 9.93. The van der Waals surface area contributed by atoms with Crippen LogP contribution in [0.1, 0.15) is 46.7 Å². The molecule has 0 unspecified atom stereocenters. The molecule has 0 bridgehead atoms. The third-order valence-electron chi connectivity index (χ3n) is 2.54. The van der Waals surface area contributed by atoms with Crippen molar-refractivity contribution in [1.29, 1.82) is 0 Å². The molecule has 0 atom stereocenters. The number of hydrogen-bond acceptors (Lipinski definition) is 4. The first-order valence-corrected chi connectivity index (χ1v) is 7.14. The maximum atomic E-state index is 11.8. The van der Waals surface area contributed by atoms with E-state index in [4.69, 9.17) is 5.11 Å². The number of aliphatic carboxylic acids is 1. The van der Waals surface area contributed by atoms with E-state index >= 15 is 0 Å². The molecule has 0 aliphatic rings. The molecule has 0 fully saturated rings. The maximum Gasteiger partial charge on any atom is 0.321 e. The molecule has 0 saturated heterocycles. The summed E-state index contributed by atoms with van der Waals surface area (Å²) in [5, 5.41) is 16.4. The van der Waals surface area contributed by atoms with E-state index in [1.54, 1.807) is 13.8 Å². The van der Waals surface area contributed by atoms with Gasteiger partial charge in [-0.3, -0.25) is 10.1 Å². The Balaban J connectivity index is 2.63. The van der Waals surface area contributed by atoms with E-state index in [9.17, 15) is 9.59 Å². The number of anilines is 1. The van der Waals surface area contributed by atoms with Crippen molar-refractivity contribution in [3.05, 3.63) is 11.1 Å². The van der Waals surface area contributed by atoms with E-state index < -0.39 is 17.5 Å². The van der Waals surface area contributed by atoms with Gasteiger partial charge in [0.15, 0.2) is 5.13 Å². The Morgan fingerprint density at radius 3 is 2.35 bits per heavy atom. The molecule has 6 nitrogen and oxygen atoms in total. The van der Waals surface area contributed by atoms with Gasteiger partial charge < -0.3 is 10.4 Å². The summed E-state index contributed by atoms with van der Waals surface area (Å²) in [5.74, 6) is -0.959. The van der Waals surface area contributed by atoms with Gasteiger partial charge in [0.25, 0.3) is 0 Å². The van der Waals surface area contributed by atoms with Crippen molar-refractivity contribution in [3.8, 4) is 0 Å². The van der Waals surface area contributed by atoms with Crippen LogP contribution in [0.5, 0.6) is 0 Å². The molecule has 1 rings (SSSR count). The number of rotatable bonds is 4. The molecule has 0 aromatic carbocycles. The smallest absolute Gasteiger partial charge is 0.321 e. The third kappa shape index (κ3) is 5.16. The molecule has 0 aliphatic carbocycles. The Kier molecular flexibility index (Phi) is 4.75. The van der Waals surface area contributed by atoms with Crippen LogP contribution in [0.4, 0.5) is 9.93 Å². The van der Waals surface area contributed by atoms with Crippen LogP contribution < -0.4 is 10.6 Å². The van der Waals surface area contributed by atoms with Crippen molar-refractivity contribution in [3.63, 3.8) is 0 Å². The Bertz CT molecular complexity index is 503. The lowest BCUT2D eigenvalue weighted by Crippen LogP contribution is -2.46. The van der Waals surface area contributed by atoms with Crippen LogP contribution in [0.2, 0.25) is 0 Å². The standard InChI is InChI=1S/C13H21N3O3S/c1-12(2,3)8-7-20-11(14-8)15-10(19)16-13(4,5)6-9(17)18/h7H,6H2,1-5H3,(H,17,18)(H2,14,15,16,19). The van der Waals surface area contributed by atoms with Gasteiger partial charge in [0.05, 0.1) is 12.1 Å². The molecular formula is C13H21N3O3S. The first-order valence-electron chi connectivity index (χ1n) is 6.26. The fraction of sp³-hybridized carbons (Fsp3) is 0.615. The normalized spacial score (nSPS) is 12.1. The zero-order valence-electron chi connectivity index (χ0n) is 12.4. The summed E-state index contributed by atoms with van der Waals surface area (Å²) in [7, 11) is 0. The number of thiazole rings is 1. The zero-order valence-corrected chi connectivity index (χ0v) is 13.2. The molecule has 1 aromatic heterocycles. The fourth-order valence-corrected chi connectivity index (χ4v) is 2.47. The molecule has 0 spiro atoms. The quantitative estimate of drug-likeness (QED) is 0.797. The van der Waals surface area contributed by atoms with Gasteiger partial charge >= 0.3 is 12.0 Å². The minimum atomic E-state index is -0.959. The van der Waals surface area contributed by atoms with Crippen LogP contribution in [0, 0.1) is 0 Å². The molecule has 0 aliphatic heterocycles. The second kappa shape index (κ2) is 5.78. The second-order valence-electron chi connectivity index (χ2n) is 6.32. The largest absolute Gasteiger partial charge is 0.481 e. The summed E-state index contributed by atoms with van der Waals surface area (Å²) in [6.07, 6.45) is -0.147. The molecular weight excluding hydrogens is 278 g/mol. The lowest BCUT2D eigenvalue weighted by molar-refractivity contribution is -0.138. The van der Waals surface area contributed by atoms with Gasteiger partial charge in [-0.2, -0.15) is 0 Å². The van der Waals surface area contributed by atoms with E-state index in [0.29, 0.717) is 5.13 Å². The van der Waals surface area contributed by atoms with E-state index in [0.717, 1.165) is 5.69 Å². The predicted molar refractivity (Wildman–Crippen MR) is 79.3 cm³/mol. The molecule has 0 saturated carbocycles. The van der Waals surface area contributed by atoms with E-state index in [1.165, 1.54) is 11.3 Å². The number of nitrogens with zero attached hydrogens (tertiary/aromatic N) is 1. The predicted octanol–water partition coefficient (Wildman–Crippen LogP) is 2.82. The summed E-state index contributed by atoms with van der Waals surface area (Å²) in [6.45, 7) is 9.44. The van der Waals surface area contributed by atoms with Crippen molar-refractivity contribution < 1.29 is 14.7 Å². The molecule has 20 heavy (non-hydrogen) atoms. The molecule has 2 amide bonds. The van der Waals surface area contributed by atoms with Crippen LogP contribution in [-0.4, -0.2) is 27.6 Å². The first-order chi connectivity index (χ1) is 8.99. The highest BCUT2D eigenvalue weighted by atomic mass is 32.1. The number of urea groups is 1. The highest BCUT2D eigenvalue weighted by molar-refractivity contribution is 7.13. The number of amides is 2. The molecule has 1 aromatic rings. The minimum absolute atomic E-state index is 0.0739. The summed E-state index contributed by atoms with van der Waals surface area (Å²) >= 11 is 1.35. The average molecular weight is 299 g/mol. The molecule has 7 heteroatoms. The Hall–Kier alpha value is -1.63. The van der Waals surface area contributed by atoms with Crippen molar-refractivity contribution in [2.24, 2.45) is 0 Å². The van der Waals surface area contributed by atoms with Crippen LogP contribution in [-0.2, 0) is 10.2 Å². The number of hydrogen-bond donors (Lipinski definition) is 3. The number of carboxylic acid groups (broad SMARTS) is 1. The number of nitrogens with one attached hydrogen (secondary N) is 2. The average Bonchev–Trinajstić information content (AvgIpc) is 2.61. The van der Waals surface area contributed by atoms with Crippen LogP contribution in [0.3, 0.4) is 0 Å². The van der Waals surface area contributed by atoms with E-state index in [1.807, 2.05) is 26.2 Å². The summed E-state index contributed by atoms with van der Waals surface area (Å²) in [6, 6.07) is -0.453. The topological polar surface area (TPSA) is 91.3 Å². The zero-order chi connectivity index (χ0) is 15.6. The highest BCUT2D eigenvalue weighted by Crippen LogP contribution is 2.26. The SMILES string of the molecule is CC(C)(CC(=O)O)NC(=O)Nc1nc(C(C)(C)C)cs1. The van der Waals surface area contributed by atoms with Crippen LogP contribution in [0.25, 0.3) is 0 Å². The number of carbonyl (C=O) groups excluding carboxylic acids is 1. The molecule has 0 radical (unpaired) electrons. The monoisotopic (exact) mass is 299 g/mol. The summed E-state index contributed by atoms with van der Waals surface area (Å²) in [4.78, 5) is 26.8. The van der Waals surface area contributed by atoms with Crippen LogP contribution in [0.15, 0.2) is 5.38 Å². The number of carbonyl (C=O) groups is 2. The van der Waals surface area contributed by atoms with Crippen molar-refractivity contribution in [2.45, 2.75) is 52.0 Å². The van der Waals surface area contributed by atoms with Gasteiger partial charge in [-0.05, 0) is 13.8 Å². The lowest BCUT2D eigenvalue weighted by Gasteiger charge is -2.23. The van der Waals surface area contributed by atoms with E-state index in [2.05, 4.69) is 15.6 Å². The van der Waals surface area contributed by atoms with Gasteiger partial charge in [-0.15, -0.1) is 11.3 Å². The van der Waals surface area contributed by atoms with Crippen molar-refractivity contribution in [1.82, 2.24) is 10.3 Å². The van der Waals surface area contributed by atoms with Crippen molar-refractivity contribution >= 4 is 28.5 Å². The van der Waals surface area contributed by atoms with Gasteiger partial charge in [0.2, 0.25) is 0 Å². The van der Waals surface area contributed by atoms with Gasteiger partial charge in [-0.1, -0.05) is 20.8 Å². The molecule has 1 heterocycles. The Labute approximate surface area is 122 Å². The molecule has 3 N–H and O–H groups in total. The Morgan fingerprint density at radius 1 is 1.30 bits per heavy atom. The maximum absolute atomic E-state index is 11.8. The van der Waals surface area contributed by atoms with Crippen molar-refractivity contribution in [2.75, 3.05) is 5.32 Å².